The second-order valence-electron chi connectivity index (χ2n) is 5.86. The highest BCUT2D eigenvalue weighted by molar-refractivity contribution is 5.30. The molecule has 0 aromatic carbocycles. The van der Waals surface area contributed by atoms with E-state index in [2.05, 4.69) is 19.9 Å². The van der Waals surface area contributed by atoms with Crippen molar-refractivity contribution in [3.05, 3.63) is 41.9 Å². The molecule has 0 saturated carbocycles. The number of ether oxygens (including phenoxy) is 1. The molecule has 5 nitrogen and oxygen atoms in total. The smallest absolute Gasteiger partial charge is 0.225 e. The summed E-state index contributed by atoms with van der Waals surface area (Å²) in [5, 5.41) is 0. The summed E-state index contributed by atoms with van der Waals surface area (Å²) >= 11 is 0. The SMILES string of the molecule is Cc1ccnc(N2CCC(COc3ncccc3C)CC2)n1. The van der Waals surface area contributed by atoms with E-state index in [1.165, 1.54) is 0 Å². The third-order valence-electron chi connectivity index (χ3n) is 4.10. The number of hydrogen-bond donors (Lipinski definition) is 0. The van der Waals surface area contributed by atoms with Gasteiger partial charge in [0.05, 0.1) is 6.61 Å². The Bertz CT molecular complexity index is 624. The number of rotatable bonds is 4. The van der Waals surface area contributed by atoms with E-state index in [1.807, 2.05) is 38.2 Å². The van der Waals surface area contributed by atoms with E-state index >= 15 is 0 Å². The monoisotopic (exact) mass is 298 g/mol. The van der Waals surface area contributed by atoms with Gasteiger partial charge in [0.2, 0.25) is 11.8 Å². The topological polar surface area (TPSA) is 51.1 Å². The van der Waals surface area contributed by atoms with Crippen molar-refractivity contribution in [3.63, 3.8) is 0 Å². The van der Waals surface area contributed by atoms with E-state index in [1.54, 1.807) is 6.20 Å². The first kappa shape index (κ1) is 14.8. The van der Waals surface area contributed by atoms with Crippen LogP contribution in [0.25, 0.3) is 0 Å². The van der Waals surface area contributed by atoms with E-state index in [4.69, 9.17) is 4.74 Å². The molecule has 0 aliphatic carbocycles. The third kappa shape index (κ3) is 3.53. The second-order valence-corrected chi connectivity index (χ2v) is 5.86. The van der Waals surface area contributed by atoms with Crippen LogP contribution in [0.15, 0.2) is 30.6 Å². The molecule has 3 heterocycles. The molecule has 0 radical (unpaired) electrons. The molecule has 3 rings (SSSR count). The third-order valence-corrected chi connectivity index (χ3v) is 4.10. The first-order valence-electron chi connectivity index (χ1n) is 7.81. The average molecular weight is 298 g/mol. The summed E-state index contributed by atoms with van der Waals surface area (Å²) in [6.07, 6.45) is 5.81. The predicted octanol–water partition coefficient (Wildman–Crippen LogP) is 2.78. The van der Waals surface area contributed by atoms with Gasteiger partial charge in [0.1, 0.15) is 0 Å². The quantitative estimate of drug-likeness (QED) is 0.868. The van der Waals surface area contributed by atoms with Gasteiger partial charge in [-0.2, -0.15) is 0 Å². The minimum Gasteiger partial charge on any atom is -0.477 e. The van der Waals surface area contributed by atoms with Crippen molar-refractivity contribution in [2.75, 3.05) is 24.6 Å². The lowest BCUT2D eigenvalue weighted by molar-refractivity contribution is 0.214. The molecule has 1 aliphatic heterocycles. The van der Waals surface area contributed by atoms with Crippen LogP contribution in [0.1, 0.15) is 24.1 Å². The Hall–Kier alpha value is -2.17. The lowest BCUT2D eigenvalue weighted by Crippen LogP contribution is -2.36. The van der Waals surface area contributed by atoms with Gasteiger partial charge in [-0.05, 0) is 44.7 Å². The maximum Gasteiger partial charge on any atom is 0.225 e. The Balaban J connectivity index is 1.51. The van der Waals surface area contributed by atoms with Crippen LogP contribution in [0.5, 0.6) is 5.88 Å². The minimum atomic E-state index is 0.572. The Morgan fingerprint density at radius 2 is 1.95 bits per heavy atom. The molecule has 0 bridgehead atoms. The van der Waals surface area contributed by atoms with Crippen molar-refractivity contribution < 1.29 is 4.74 Å². The van der Waals surface area contributed by atoms with Gasteiger partial charge in [0.25, 0.3) is 0 Å². The van der Waals surface area contributed by atoms with Gasteiger partial charge in [0.15, 0.2) is 0 Å². The molecule has 1 fully saturated rings. The number of nitrogens with zero attached hydrogens (tertiary/aromatic N) is 4. The van der Waals surface area contributed by atoms with Gasteiger partial charge >= 0.3 is 0 Å². The van der Waals surface area contributed by atoms with E-state index < -0.39 is 0 Å². The molecule has 22 heavy (non-hydrogen) atoms. The lowest BCUT2D eigenvalue weighted by Gasteiger charge is -2.31. The van der Waals surface area contributed by atoms with Crippen molar-refractivity contribution in [2.24, 2.45) is 5.92 Å². The number of aromatic nitrogens is 3. The predicted molar refractivity (Wildman–Crippen MR) is 86.2 cm³/mol. The van der Waals surface area contributed by atoms with Crippen LogP contribution in [-0.2, 0) is 0 Å². The van der Waals surface area contributed by atoms with Crippen LogP contribution in [0.3, 0.4) is 0 Å². The maximum atomic E-state index is 5.88. The molecule has 0 N–H and O–H groups in total. The molecule has 5 heteroatoms. The maximum absolute atomic E-state index is 5.88. The molecule has 2 aromatic rings. The van der Waals surface area contributed by atoms with Crippen molar-refractivity contribution in [1.82, 2.24) is 15.0 Å². The highest BCUT2D eigenvalue weighted by atomic mass is 16.5. The molecule has 116 valence electrons. The number of piperidine rings is 1. The molecule has 0 spiro atoms. The Morgan fingerprint density at radius 1 is 1.14 bits per heavy atom. The zero-order valence-corrected chi connectivity index (χ0v) is 13.2. The summed E-state index contributed by atoms with van der Waals surface area (Å²) in [4.78, 5) is 15.4. The van der Waals surface area contributed by atoms with Crippen molar-refractivity contribution in [3.8, 4) is 5.88 Å². The molecule has 1 saturated heterocycles. The molecular formula is C17H22N4O. The molecule has 0 atom stereocenters. The minimum absolute atomic E-state index is 0.572. The molecule has 2 aromatic heterocycles. The number of hydrogen-bond acceptors (Lipinski definition) is 5. The Labute approximate surface area is 131 Å². The molecule has 1 aliphatic rings. The zero-order valence-electron chi connectivity index (χ0n) is 13.2. The summed E-state index contributed by atoms with van der Waals surface area (Å²) in [5.41, 5.74) is 2.11. The van der Waals surface area contributed by atoms with Crippen molar-refractivity contribution in [1.29, 1.82) is 0 Å². The molecule has 0 amide bonds. The standard InChI is InChI=1S/C17H22N4O/c1-13-4-3-8-18-16(13)22-12-15-6-10-21(11-7-15)17-19-9-5-14(2)20-17/h3-5,8-9,15H,6-7,10-12H2,1-2H3. The fraction of sp³-hybridized carbons (Fsp3) is 0.471. The lowest BCUT2D eigenvalue weighted by atomic mass is 9.98. The summed E-state index contributed by atoms with van der Waals surface area (Å²) in [6.45, 7) is 6.73. The highest BCUT2D eigenvalue weighted by Gasteiger charge is 2.21. The van der Waals surface area contributed by atoms with Crippen LogP contribution < -0.4 is 9.64 Å². The second kappa shape index (κ2) is 6.73. The zero-order chi connectivity index (χ0) is 15.4. The average Bonchev–Trinajstić information content (AvgIpc) is 2.55. The van der Waals surface area contributed by atoms with E-state index in [9.17, 15) is 0 Å². The highest BCUT2D eigenvalue weighted by Crippen LogP contribution is 2.22. The van der Waals surface area contributed by atoms with Gasteiger partial charge < -0.3 is 9.64 Å². The fourth-order valence-electron chi connectivity index (χ4n) is 2.71. The first-order valence-corrected chi connectivity index (χ1v) is 7.81. The first-order chi connectivity index (χ1) is 10.7. The fourth-order valence-corrected chi connectivity index (χ4v) is 2.71. The van der Waals surface area contributed by atoms with Crippen LogP contribution in [0.4, 0.5) is 5.95 Å². The van der Waals surface area contributed by atoms with Gasteiger partial charge in [-0.1, -0.05) is 6.07 Å². The number of pyridine rings is 1. The molecular weight excluding hydrogens is 276 g/mol. The van der Waals surface area contributed by atoms with E-state index in [0.29, 0.717) is 5.92 Å². The number of anilines is 1. The van der Waals surface area contributed by atoms with E-state index in [-0.39, 0.29) is 0 Å². The van der Waals surface area contributed by atoms with Gasteiger partial charge in [-0.15, -0.1) is 0 Å². The Morgan fingerprint density at radius 3 is 2.68 bits per heavy atom. The van der Waals surface area contributed by atoms with Crippen molar-refractivity contribution in [2.45, 2.75) is 26.7 Å². The molecule has 0 unspecified atom stereocenters. The van der Waals surface area contributed by atoms with Crippen LogP contribution >= 0.6 is 0 Å². The summed E-state index contributed by atoms with van der Waals surface area (Å²) in [7, 11) is 0. The Kier molecular flexibility index (Phi) is 4.51. The summed E-state index contributed by atoms with van der Waals surface area (Å²) in [5.74, 6) is 2.18. The normalized spacial score (nSPS) is 15.8. The largest absolute Gasteiger partial charge is 0.477 e. The van der Waals surface area contributed by atoms with E-state index in [0.717, 1.165) is 55.6 Å². The van der Waals surface area contributed by atoms with Crippen LogP contribution in [0.2, 0.25) is 0 Å². The van der Waals surface area contributed by atoms with Gasteiger partial charge in [-0.3, -0.25) is 0 Å². The van der Waals surface area contributed by atoms with Gasteiger partial charge in [-0.25, -0.2) is 15.0 Å². The van der Waals surface area contributed by atoms with Gasteiger partial charge in [0, 0.05) is 36.7 Å². The number of aryl methyl sites for hydroxylation is 2. The van der Waals surface area contributed by atoms with Crippen LogP contribution in [-0.4, -0.2) is 34.6 Å². The summed E-state index contributed by atoms with van der Waals surface area (Å²) in [6, 6.07) is 5.89. The van der Waals surface area contributed by atoms with Crippen molar-refractivity contribution >= 4 is 5.95 Å². The van der Waals surface area contributed by atoms with Crippen LogP contribution in [0, 0.1) is 19.8 Å². The summed E-state index contributed by atoms with van der Waals surface area (Å²) < 4.78 is 5.88.